The van der Waals surface area contributed by atoms with E-state index in [0.29, 0.717) is 40.3 Å². The van der Waals surface area contributed by atoms with Gasteiger partial charge in [0.05, 0.1) is 17.3 Å². The van der Waals surface area contributed by atoms with Crippen molar-refractivity contribution in [3.8, 4) is 0 Å². The van der Waals surface area contributed by atoms with E-state index in [9.17, 15) is 19.5 Å². The molecule has 202 valence electrons. The van der Waals surface area contributed by atoms with E-state index in [2.05, 4.69) is 10.6 Å². The Morgan fingerprint density at radius 1 is 1.00 bits per heavy atom. The van der Waals surface area contributed by atoms with E-state index in [1.807, 2.05) is 44.7 Å². The molecule has 4 aromatic rings. The lowest BCUT2D eigenvalue weighted by Crippen LogP contribution is -2.39. The molecule has 0 spiro atoms. The number of hydrogen-bond acceptors (Lipinski definition) is 7. The molecule has 1 aromatic heterocycles. The average molecular weight is 568 g/mol. The van der Waals surface area contributed by atoms with Crippen molar-refractivity contribution in [3.63, 3.8) is 0 Å². The van der Waals surface area contributed by atoms with Gasteiger partial charge in [0.25, 0.3) is 10.9 Å². The number of furan rings is 1. The van der Waals surface area contributed by atoms with Crippen LogP contribution in [0.2, 0.25) is 10.0 Å². The smallest absolute Gasteiger partial charge is 0.337 e. The van der Waals surface area contributed by atoms with Crippen LogP contribution in [0.25, 0.3) is 0 Å². The van der Waals surface area contributed by atoms with Crippen LogP contribution in [0.5, 0.6) is 0 Å². The van der Waals surface area contributed by atoms with Crippen molar-refractivity contribution in [1.82, 2.24) is 0 Å². The first-order valence-corrected chi connectivity index (χ1v) is 13.1. The summed E-state index contributed by atoms with van der Waals surface area (Å²) >= 11 is 12.7. The van der Waals surface area contributed by atoms with E-state index in [4.69, 9.17) is 27.6 Å². The molecule has 1 atom stereocenters. The Balaban J connectivity index is 1.48. The summed E-state index contributed by atoms with van der Waals surface area (Å²) in [6.45, 7) is 8.58. The van der Waals surface area contributed by atoms with Crippen LogP contribution in [0.15, 0.2) is 56.5 Å². The van der Waals surface area contributed by atoms with E-state index in [-0.39, 0.29) is 28.4 Å². The Morgan fingerprint density at radius 2 is 1.69 bits per heavy atom. The fraction of sp³-hybridized carbons (Fsp3) is 0.276. The van der Waals surface area contributed by atoms with Gasteiger partial charge in [-0.3, -0.25) is 9.59 Å². The van der Waals surface area contributed by atoms with Crippen molar-refractivity contribution in [2.75, 3.05) is 15.5 Å². The highest BCUT2D eigenvalue weighted by Gasteiger charge is 2.34. The minimum Gasteiger partial charge on any atom is -0.478 e. The molecule has 0 amide bonds. The molecule has 0 saturated heterocycles. The number of carboxylic acid groups (broad SMARTS) is 1. The average Bonchev–Trinajstić information content (AvgIpc) is 3.50. The fourth-order valence-corrected chi connectivity index (χ4v) is 5.34. The van der Waals surface area contributed by atoms with Gasteiger partial charge in [-0.25, -0.2) is 4.79 Å². The maximum atomic E-state index is 12.7. The topological polar surface area (TPSA) is 112 Å². The van der Waals surface area contributed by atoms with E-state index >= 15 is 0 Å². The third-order valence-electron chi connectivity index (χ3n) is 6.97. The van der Waals surface area contributed by atoms with Gasteiger partial charge in [-0.05, 0) is 60.4 Å². The molecule has 0 bridgehead atoms. The molecule has 2 heterocycles. The van der Waals surface area contributed by atoms with Gasteiger partial charge in [0.1, 0.15) is 22.9 Å². The number of halogens is 2. The normalized spacial score (nSPS) is 13.9. The van der Waals surface area contributed by atoms with E-state index in [0.717, 1.165) is 16.9 Å². The first-order chi connectivity index (χ1) is 18.3. The summed E-state index contributed by atoms with van der Waals surface area (Å²) in [6, 6.07) is 11.4. The second-order valence-electron chi connectivity index (χ2n) is 10.8. The lowest BCUT2D eigenvalue weighted by Gasteiger charge is -2.31. The minimum atomic E-state index is -1.07. The third kappa shape index (κ3) is 4.90. The Kier molecular flexibility index (Phi) is 6.73. The van der Waals surface area contributed by atoms with Gasteiger partial charge >= 0.3 is 5.97 Å². The van der Waals surface area contributed by atoms with Crippen LogP contribution in [0.4, 0.5) is 22.7 Å². The predicted molar refractivity (Wildman–Crippen MR) is 154 cm³/mol. The first kappa shape index (κ1) is 26.8. The highest BCUT2D eigenvalue weighted by molar-refractivity contribution is 6.32. The van der Waals surface area contributed by atoms with Crippen LogP contribution in [-0.4, -0.2) is 11.1 Å². The highest BCUT2D eigenvalue weighted by atomic mass is 35.5. The molecule has 3 aromatic carbocycles. The molecule has 5 rings (SSSR count). The first-order valence-electron chi connectivity index (χ1n) is 12.4. The molecule has 0 aliphatic carbocycles. The van der Waals surface area contributed by atoms with Crippen LogP contribution in [-0.2, 0) is 13.1 Å². The predicted octanol–water partition coefficient (Wildman–Crippen LogP) is 6.65. The van der Waals surface area contributed by atoms with Crippen molar-refractivity contribution < 1.29 is 14.3 Å². The number of aryl methyl sites for hydroxylation is 1. The van der Waals surface area contributed by atoms with E-state index < -0.39 is 16.8 Å². The summed E-state index contributed by atoms with van der Waals surface area (Å²) in [4.78, 5) is 39.1. The Hall–Kier alpha value is -3.75. The van der Waals surface area contributed by atoms with Crippen LogP contribution in [0.3, 0.4) is 0 Å². The number of nitrogens with one attached hydrogen (secondary N) is 2. The quantitative estimate of drug-likeness (QED) is 0.213. The zero-order valence-electron chi connectivity index (χ0n) is 21.8. The number of rotatable bonds is 7. The van der Waals surface area contributed by atoms with Gasteiger partial charge in [-0.2, -0.15) is 0 Å². The van der Waals surface area contributed by atoms with E-state index in [1.54, 1.807) is 18.2 Å². The van der Waals surface area contributed by atoms with Gasteiger partial charge < -0.3 is 25.1 Å². The lowest BCUT2D eigenvalue weighted by molar-refractivity contribution is 0.0697. The largest absolute Gasteiger partial charge is 0.478 e. The highest BCUT2D eigenvalue weighted by Crippen LogP contribution is 2.41. The fourth-order valence-electron chi connectivity index (χ4n) is 4.94. The zero-order chi connectivity index (χ0) is 28.2. The Morgan fingerprint density at radius 3 is 2.33 bits per heavy atom. The molecule has 1 aliphatic rings. The van der Waals surface area contributed by atoms with Crippen LogP contribution in [0, 0.1) is 12.3 Å². The number of fused-ring (bicyclic) bond motifs is 1. The number of carbonyl (C=O) groups is 1. The van der Waals surface area contributed by atoms with Gasteiger partial charge in [0.2, 0.25) is 0 Å². The van der Waals surface area contributed by atoms with Crippen molar-refractivity contribution in [2.45, 2.75) is 46.8 Å². The number of nitrogens with zero attached hydrogens (tertiary/aromatic N) is 1. The molecule has 8 nitrogen and oxygen atoms in total. The number of carboxylic acids is 1. The maximum absolute atomic E-state index is 12.7. The molecule has 10 heteroatoms. The summed E-state index contributed by atoms with van der Waals surface area (Å²) in [6.07, 6.45) is 0. The number of benzene rings is 2. The second-order valence-corrected chi connectivity index (χ2v) is 11.6. The Bertz CT molecular complexity index is 1680. The Labute approximate surface area is 234 Å². The van der Waals surface area contributed by atoms with Crippen LogP contribution in [0.1, 0.15) is 59.8 Å². The van der Waals surface area contributed by atoms with Crippen molar-refractivity contribution in [2.24, 2.45) is 5.41 Å². The minimum absolute atomic E-state index is 0.119. The third-order valence-corrected chi connectivity index (χ3v) is 7.56. The standard InChI is InChI=1S/C29H27Cl2N3O5/c1-14-5-10-22(39-14)27(29(2,3)4)33-24-23(25(35)26(24)36)32-20-9-8-19(31)17-12-34(13-18(17)20)21-11-15(30)6-7-16(21)28(37)38/h5-11,27,32-33H,12-13H2,1-4H3,(H,37,38)/t27-/m0/s1. The van der Waals surface area contributed by atoms with Crippen LogP contribution >= 0.6 is 23.2 Å². The van der Waals surface area contributed by atoms with Crippen molar-refractivity contribution in [3.05, 3.63) is 101 Å². The summed E-state index contributed by atoms with van der Waals surface area (Å²) in [5.74, 6) is 0.343. The van der Waals surface area contributed by atoms with Crippen molar-refractivity contribution in [1.29, 1.82) is 0 Å². The SMILES string of the molecule is Cc1ccc([C@H](Nc2c(Nc3ccc(Cl)c4c3CN(c3cc(Cl)ccc3C(=O)O)C4)c(=O)c2=O)C(C)(C)C)o1. The number of hydrogen-bond donors (Lipinski definition) is 3. The monoisotopic (exact) mass is 567 g/mol. The summed E-state index contributed by atoms with van der Waals surface area (Å²) in [7, 11) is 0. The molecule has 1 aliphatic heterocycles. The van der Waals surface area contributed by atoms with Gasteiger partial charge in [0, 0.05) is 34.4 Å². The summed E-state index contributed by atoms with van der Waals surface area (Å²) in [5.41, 5.74) is 1.57. The summed E-state index contributed by atoms with van der Waals surface area (Å²) in [5, 5.41) is 17.0. The molecule has 0 saturated carbocycles. The van der Waals surface area contributed by atoms with Crippen molar-refractivity contribution >= 4 is 51.9 Å². The van der Waals surface area contributed by atoms with Gasteiger partial charge in [0.15, 0.2) is 0 Å². The maximum Gasteiger partial charge on any atom is 0.337 e. The zero-order valence-corrected chi connectivity index (χ0v) is 23.3. The lowest BCUT2D eigenvalue weighted by atomic mass is 9.85. The number of aromatic carboxylic acids is 1. The van der Waals surface area contributed by atoms with E-state index in [1.165, 1.54) is 12.1 Å². The molecule has 0 fully saturated rings. The molecule has 3 N–H and O–H groups in total. The molecule has 0 radical (unpaired) electrons. The van der Waals surface area contributed by atoms with Gasteiger partial charge in [-0.15, -0.1) is 0 Å². The van der Waals surface area contributed by atoms with Crippen LogP contribution < -0.4 is 26.4 Å². The number of anilines is 4. The van der Waals surface area contributed by atoms with Gasteiger partial charge in [-0.1, -0.05) is 44.0 Å². The second kappa shape index (κ2) is 9.77. The molecular formula is C29H27Cl2N3O5. The molecule has 0 unspecified atom stereocenters. The summed E-state index contributed by atoms with van der Waals surface area (Å²) < 4.78 is 5.85. The molecule has 39 heavy (non-hydrogen) atoms. The molecular weight excluding hydrogens is 541 g/mol.